The van der Waals surface area contributed by atoms with E-state index in [0.29, 0.717) is 5.82 Å². The fourth-order valence-electron chi connectivity index (χ4n) is 1.90. The number of anilines is 1. The third-order valence-electron chi connectivity index (χ3n) is 2.80. The van der Waals surface area contributed by atoms with Crippen molar-refractivity contribution >= 4 is 22.1 Å². The number of rotatable bonds is 1. The summed E-state index contributed by atoms with van der Waals surface area (Å²) in [6.07, 6.45) is 2.03. The first-order valence-electron chi connectivity index (χ1n) is 5.46. The van der Waals surface area contributed by atoms with Gasteiger partial charge in [0.2, 0.25) is 0 Å². The van der Waals surface area contributed by atoms with Gasteiger partial charge in [-0.05, 0) is 13.8 Å². The van der Waals surface area contributed by atoms with Gasteiger partial charge >= 0.3 is 0 Å². The van der Waals surface area contributed by atoms with E-state index < -0.39 is 0 Å². The SMILES string of the molecule is Cc1ccc(-c2nc3sc(C)cn3c2N)cc1. The number of hydrogen-bond donors (Lipinski definition) is 1. The molecule has 4 heteroatoms. The monoisotopic (exact) mass is 243 g/mol. The second-order valence-electron chi connectivity index (χ2n) is 4.21. The summed E-state index contributed by atoms with van der Waals surface area (Å²) in [6, 6.07) is 8.27. The van der Waals surface area contributed by atoms with Gasteiger partial charge in [0.25, 0.3) is 0 Å². The molecule has 0 fully saturated rings. The first kappa shape index (κ1) is 10.4. The van der Waals surface area contributed by atoms with Crippen LogP contribution in [0.25, 0.3) is 16.2 Å². The van der Waals surface area contributed by atoms with Gasteiger partial charge in [-0.3, -0.25) is 4.40 Å². The number of nitrogens with zero attached hydrogens (tertiary/aromatic N) is 2. The molecule has 0 radical (unpaired) electrons. The topological polar surface area (TPSA) is 43.3 Å². The smallest absolute Gasteiger partial charge is 0.196 e. The molecule has 2 aromatic heterocycles. The predicted octanol–water partition coefficient (Wildman–Crippen LogP) is 3.26. The van der Waals surface area contributed by atoms with Crippen molar-refractivity contribution < 1.29 is 0 Å². The van der Waals surface area contributed by atoms with Crippen molar-refractivity contribution in [2.24, 2.45) is 0 Å². The Kier molecular flexibility index (Phi) is 2.19. The summed E-state index contributed by atoms with van der Waals surface area (Å²) in [6.45, 7) is 4.13. The average molecular weight is 243 g/mol. The minimum atomic E-state index is 0.716. The number of nitrogens with two attached hydrogens (primary N) is 1. The number of benzene rings is 1. The van der Waals surface area contributed by atoms with Crippen LogP contribution in [-0.4, -0.2) is 9.38 Å². The maximum Gasteiger partial charge on any atom is 0.196 e. The van der Waals surface area contributed by atoms with Crippen LogP contribution in [0.2, 0.25) is 0 Å². The van der Waals surface area contributed by atoms with E-state index in [4.69, 9.17) is 5.73 Å². The van der Waals surface area contributed by atoms with Crippen molar-refractivity contribution in [2.75, 3.05) is 5.73 Å². The molecule has 3 rings (SSSR count). The van der Waals surface area contributed by atoms with Gasteiger partial charge in [-0.15, -0.1) is 11.3 Å². The summed E-state index contributed by atoms with van der Waals surface area (Å²) in [4.78, 5) is 6.76. The molecule has 0 aliphatic heterocycles. The maximum atomic E-state index is 6.13. The highest BCUT2D eigenvalue weighted by Gasteiger charge is 2.12. The molecule has 1 aromatic carbocycles. The van der Waals surface area contributed by atoms with E-state index in [1.54, 1.807) is 11.3 Å². The number of fused-ring (bicyclic) bond motifs is 1. The normalized spacial score (nSPS) is 11.2. The molecule has 17 heavy (non-hydrogen) atoms. The quantitative estimate of drug-likeness (QED) is 0.713. The van der Waals surface area contributed by atoms with Crippen molar-refractivity contribution in [3.8, 4) is 11.3 Å². The van der Waals surface area contributed by atoms with E-state index in [1.807, 2.05) is 10.6 Å². The highest BCUT2D eigenvalue weighted by Crippen LogP contribution is 2.29. The van der Waals surface area contributed by atoms with Gasteiger partial charge in [-0.25, -0.2) is 4.98 Å². The summed E-state index contributed by atoms with van der Waals surface area (Å²) in [5.41, 5.74) is 9.31. The summed E-state index contributed by atoms with van der Waals surface area (Å²) in [7, 11) is 0. The molecule has 0 saturated heterocycles. The van der Waals surface area contributed by atoms with Gasteiger partial charge in [0.1, 0.15) is 11.5 Å². The lowest BCUT2D eigenvalue weighted by Gasteiger charge is -1.99. The van der Waals surface area contributed by atoms with Crippen LogP contribution in [0.5, 0.6) is 0 Å². The molecule has 2 heterocycles. The number of hydrogen-bond acceptors (Lipinski definition) is 3. The molecule has 0 unspecified atom stereocenters. The Morgan fingerprint density at radius 1 is 1.18 bits per heavy atom. The maximum absolute atomic E-state index is 6.13. The number of imidazole rings is 1. The number of thiazole rings is 1. The predicted molar refractivity (Wildman–Crippen MR) is 72.4 cm³/mol. The van der Waals surface area contributed by atoms with Gasteiger partial charge in [0, 0.05) is 16.6 Å². The first-order valence-corrected chi connectivity index (χ1v) is 6.28. The zero-order chi connectivity index (χ0) is 12.0. The Balaban J connectivity index is 2.20. The highest BCUT2D eigenvalue weighted by molar-refractivity contribution is 7.17. The Morgan fingerprint density at radius 3 is 2.53 bits per heavy atom. The standard InChI is InChI=1S/C13H13N3S/c1-8-3-5-10(6-4-8)11-12(14)16-7-9(2)17-13(16)15-11/h3-7H,14H2,1-2H3. The van der Waals surface area contributed by atoms with E-state index in [-0.39, 0.29) is 0 Å². The molecule has 86 valence electrons. The second kappa shape index (κ2) is 3.60. The van der Waals surface area contributed by atoms with Crippen molar-refractivity contribution in [1.82, 2.24) is 9.38 Å². The van der Waals surface area contributed by atoms with Crippen LogP contribution in [0.3, 0.4) is 0 Å². The largest absolute Gasteiger partial charge is 0.383 e. The van der Waals surface area contributed by atoms with Crippen LogP contribution in [0.4, 0.5) is 5.82 Å². The zero-order valence-corrected chi connectivity index (χ0v) is 10.6. The van der Waals surface area contributed by atoms with Gasteiger partial charge in [0.15, 0.2) is 4.96 Å². The molecule has 0 atom stereocenters. The summed E-state index contributed by atoms with van der Waals surface area (Å²) < 4.78 is 1.95. The Bertz CT molecular complexity index is 677. The van der Waals surface area contributed by atoms with Crippen molar-refractivity contribution in [2.45, 2.75) is 13.8 Å². The fraction of sp³-hybridized carbons (Fsp3) is 0.154. The van der Waals surface area contributed by atoms with Crippen molar-refractivity contribution in [3.05, 3.63) is 40.9 Å². The van der Waals surface area contributed by atoms with Crippen LogP contribution in [0.1, 0.15) is 10.4 Å². The number of aryl methyl sites for hydroxylation is 2. The third-order valence-corrected chi connectivity index (χ3v) is 3.70. The Morgan fingerprint density at radius 2 is 1.88 bits per heavy atom. The molecule has 2 N–H and O–H groups in total. The van der Waals surface area contributed by atoms with Crippen LogP contribution in [-0.2, 0) is 0 Å². The molecular weight excluding hydrogens is 230 g/mol. The molecule has 0 bridgehead atoms. The lowest BCUT2D eigenvalue weighted by atomic mass is 10.1. The van der Waals surface area contributed by atoms with Crippen LogP contribution in [0, 0.1) is 13.8 Å². The lowest BCUT2D eigenvalue weighted by molar-refractivity contribution is 1.23. The molecule has 0 amide bonds. The fourth-order valence-corrected chi connectivity index (χ4v) is 2.73. The highest BCUT2D eigenvalue weighted by atomic mass is 32.1. The average Bonchev–Trinajstić information content (AvgIpc) is 2.79. The Labute approximate surface area is 104 Å². The van der Waals surface area contributed by atoms with Crippen LogP contribution in [0.15, 0.2) is 30.5 Å². The van der Waals surface area contributed by atoms with Crippen molar-refractivity contribution in [1.29, 1.82) is 0 Å². The second-order valence-corrected chi connectivity index (χ2v) is 5.42. The van der Waals surface area contributed by atoms with E-state index in [1.165, 1.54) is 10.4 Å². The van der Waals surface area contributed by atoms with E-state index in [0.717, 1.165) is 16.2 Å². The van der Waals surface area contributed by atoms with E-state index in [2.05, 4.69) is 43.1 Å². The summed E-state index contributed by atoms with van der Waals surface area (Å²) >= 11 is 1.66. The molecular formula is C13H13N3S. The minimum Gasteiger partial charge on any atom is -0.383 e. The number of nitrogen functional groups attached to an aromatic ring is 1. The number of aromatic nitrogens is 2. The third kappa shape index (κ3) is 1.61. The minimum absolute atomic E-state index is 0.716. The molecule has 3 nitrogen and oxygen atoms in total. The van der Waals surface area contributed by atoms with E-state index in [9.17, 15) is 0 Å². The van der Waals surface area contributed by atoms with Crippen LogP contribution >= 0.6 is 11.3 Å². The first-order chi connectivity index (χ1) is 8.15. The molecule has 0 aliphatic carbocycles. The van der Waals surface area contributed by atoms with Gasteiger partial charge in [-0.2, -0.15) is 0 Å². The van der Waals surface area contributed by atoms with Crippen molar-refractivity contribution in [3.63, 3.8) is 0 Å². The molecule has 0 saturated carbocycles. The van der Waals surface area contributed by atoms with E-state index >= 15 is 0 Å². The van der Waals surface area contributed by atoms with Crippen LogP contribution < -0.4 is 5.73 Å². The molecule has 3 aromatic rings. The summed E-state index contributed by atoms with van der Waals surface area (Å²) in [5, 5.41) is 0. The Hall–Kier alpha value is -1.81. The lowest BCUT2D eigenvalue weighted by Crippen LogP contribution is -1.92. The van der Waals surface area contributed by atoms with Gasteiger partial charge in [-0.1, -0.05) is 29.8 Å². The molecule has 0 spiro atoms. The summed E-state index contributed by atoms with van der Waals surface area (Å²) in [5.74, 6) is 0.716. The van der Waals surface area contributed by atoms with Gasteiger partial charge in [0.05, 0.1) is 0 Å². The zero-order valence-electron chi connectivity index (χ0n) is 9.77. The molecule has 0 aliphatic rings. The van der Waals surface area contributed by atoms with Gasteiger partial charge < -0.3 is 5.73 Å².